The molecular formula is C41H45N3O4. The van der Waals surface area contributed by atoms with E-state index in [0.717, 1.165) is 55.6 Å². The highest BCUT2D eigenvalue weighted by molar-refractivity contribution is 6.01. The van der Waals surface area contributed by atoms with Crippen LogP contribution in [-0.4, -0.2) is 65.3 Å². The molecule has 1 atom stereocenters. The van der Waals surface area contributed by atoms with Gasteiger partial charge in [0.05, 0.1) is 6.42 Å². The Morgan fingerprint density at radius 3 is 1.88 bits per heavy atom. The third-order valence-electron chi connectivity index (χ3n) is 9.91. The highest BCUT2D eigenvalue weighted by Gasteiger charge is 2.54. The second-order valence-electron chi connectivity index (χ2n) is 13.0. The summed E-state index contributed by atoms with van der Waals surface area (Å²) < 4.78 is 5.53. The van der Waals surface area contributed by atoms with Gasteiger partial charge in [-0.15, -0.1) is 0 Å². The molecule has 1 unspecified atom stereocenters. The van der Waals surface area contributed by atoms with E-state index in [1.807, 2.05) is 77.7 Å². The molecule has 248 valence electrons. The monoisotopic (exact) mass is 643 g/mol. The highest BCUT2D eigenvalue weighted by Crippen LogP contribution is 2.37. The molecule has 0 bridgehead atoms. The topological polar surface area (TPSA) is 79.0 Å². The molecule has 2 aliphatic heterocycles. The van der Waals surface area contributed by atoms with Crippen molar-refractivity contribution in [3.63, 3.8) is 0 Å². The number of likely N-dealkylation sites (tertiary alicyclic amines) is 1. The largest absolute Gasteiger partial charge is 0.461 e. The summed E-state index contributed by atoms with van der Waals surface area (Å²) in [6.07, 6.45) is 4.12. The Kier molecular flexibility index (Phi) is 11.0. The second kappa shape index (κ2) is 15.9. The average molecular weight is 644 g/mol. The van der Waals surface area contributed by atoms with Crippen LogP contribution in [0, 0.1) is 0 Å². The maximum Gasteiger partial charge on any atom is 0.308 e. The molecule has 0 radical (unpaired) electrons. The zero-order valence-electron chi connectivity index (χ0n) is 27.5. The number of carbonyl (C=O) groups is 3. The summed E-state index contributed by atoms with van der Waals surface area (Å²) in [7, 11) is 0. The molecular weight excluding hydrogens is 598 g/mol. The highest BCUT2D eigenvalue weighted by atomic mass is 16.5. The zero-order chi connectivity index (χ0) is 33.2. The molecule has 4 aromatic rings. The van der Waals surface area contributed by atoms with Crippen LogP contribution in [0.3, 0.4) is 0 Å². The van der Waals surface area contributed by atoms with E-state index < -0.39 is 17.6 Å². The van der Waals surface area contributed by atoms with Crippen LogP contribution in [0.1, 0.15) is 60.3 Å². The van der Waals surface area contributed by atoms with Crippen LogP contribution in [-0.2, 0) is 32.1 Å². The molecule has 0 saturated carbocycles. The van der Waals surface area contributed by atoms with Gasteiger partial charge in [-0.25, -0.2) is 0 Å². The quantitative estimate of drug-likeness (QED) is 0.140. The number of hydrogen-bond donors (Lipinski definition) is 1. The SMILES string of the molecule is O=C(CC1NC(=O)C2(CCN(CCCCc3ccccc3)CC2)N(CC(c2ccccc2)c2ccccc2)C1=O)OCc1ccccc1. The fraction of sp³-hybridized carbons (Fsp3) is 0.341. The Balaban J connectivity index is 1.19. The maximum absolute atomic E-state index is 14.5. The van der Waals surface area contributed by atoms with Gasteiger partial charge in [-0.05, 0) is 60.9 Å². The number of esters is 1. The zero-order valence-corrected chi connectivity index (χ0v) is 27.5. The van der Waals surface area contributed by atoms with Gasteiger partial charge in [-0.1, -0.05) is 121 Å². The molecule has 0 aromatic heterocycles. The van der Waals surface area contributed by atoms with Gasteiger partial charge in [-0.3, -0.25) is 14.4 Å². The van der Waals surface area contributed by atoms with Crippen molar-refractivity contribution in [2.24, 2.45) is 0 Å². The van der Waals surface area contributed by atoms with E-state index in [9.17, 15) is 14.4 Å². The van der Waals surface area contributed by atoms with Crippen molar-refractivity contribution < 1.29 is 19.1 Å². The molecule has 7 heteroatoms. The molecule has 6 rings (SSSR count). The number of nitrogens with zero attached hydrogens (tertiary/aromatic N) is 2. The summed E-state index contributed by atoms with van der Waals surface area (Å²) in [6, 6.07) is 39.3. The summed E-state index contributed by atoms with van der Waals surface area (Å²) in [5, 5.41) is 2.97. The number of ether oxygens (including phenoxy) is 1. The Labute approximate surface area is 283 Å². The predicted octanol–water partition coefficient (Wildman–Crippen LogP) is 6.14. The smallest absolute Gasteiger partial charge is 0.308 e. The molecule has 7 nitrogen and oxygen atoms in total. The molecule has 1 N–H and O–H groups in total. The Hall–Kier alpha value is -4.75. The first-order chi connectivity index (χ1) is 23.5. The number of nitrogens with one attached hydrogen (secondary N) is 1. The summed E-state index contributed by atoms with van der Waals surface area (Å²) >= 11 is 0. The molecule has 2 amide bonds. The first-order valence-corrected chi connectivity index (χ1v) is 17.2. The Morgan fingerprint density at radius 2 is 1.29 bits per heavy atom. The normalized spacial score (nSPS) is 17.8. The van der Waals surface area contributed by atoms with Crippen LogP contribution in [0.15, 0.2) is 121 Å². The Bertz CT molecular complexity index is 1580. The molecule has 48 heavy (non-hydrogen) atoms. The lowest BCUT2D eigenvalue weighted by atomic mass is 9.79. The van der Waals surface area contributed by atoms with E-state index in [2.05, 4.69) is 58.7 Å². The van der Waals surface area contributed by atoms with Crippen molar-refractivity contribution in [2.45, 2.75) is 62.6 Å². The number of aryl methyl sites for hydroxylation is 1. The van der Waals surface area contributed by atoms with E-state index >= 15 is 0 Å². The lowest BCUT2D eigenvalue weighted by Gasteiger charge is -2.52. The lowest BCUT2D eigenvalue weighted by Crippen LogP contribution is -2.73. The minimum Gasteiger partial charge on any atom is -0.461 e. The number of rotatable bonds is 13. The summed E-state index contributed by atoms with van der Waals surface area (Å²) in [5.41, 5.74) is 3.39. The van der Waals surface area contributed by atoms with Crippen molar-refractivity contribution >= 4 is 17.8 Å². The standard InChI is InChI=1S/C41H45N3O4/c45-38(48-31-33-18-7-2-8-19-33)29-37-39(46)44(30-36(34-20-9-3-10-21-34)35-22-11-4-12-23-35)41(40(47)42-37)24-27-43(28-25-41)26-14-13-17-32-15-5-1-6-16-32/h1-12,15-16,18-23,36-37H,13-14,17,24-31H2,(H,42,47). The number of unbranched alkanes of at least 4 members (excludes halogenated alkanes) is 1. The average Bonchev–Trinajstić information content (AvgIpc) is 3.14. The van der Waals surface area contributed by atoms with Gasteiger partial charge in [0.2, 0.25) is 11.8 Å². The summed E-state index contributed by atoms with van der Waals surface area (Å²) in [4.78, 5) is 45.9. The number of hydrogen-bond acceptors (Lipinski definition) is 5. The summed E-state index contributed by atoms with van der Waals surface area (Å²) in [5.74, 6) is -1.05. The molecule has 2 aliphatic rings. The first kappa shape index (κ1) is 33.2. The van der Waals surface area contributed by atoms with Gasteiger partial charge in [0.25, 0.3) is 0 Å². The number of piperazine rings is 1. The molecule has 4 aromatic carbocycles. The van der Waals surface area contributed by atoms with Gasteiger partial charge in [0.1, 0.15) is 18.2 Å². The lowest BCUT2D eigenvalue weighted by molar-refractivity contribution is -0.164. The van der Waals surface area contributed by atoms with Crippen LogP contribution in [0.5, 0.6) is 0 Å². The van der Waals surface area contributed by atoms with Gasteiger partial charge < -0.3 is 19.9 Å². The number of benzene rings is 4. The Morgan fingerprint density at radius 1 is 0.750 bits per heavy atom. The van der Waals surface area contributed by atoms with Crippen LogP contribution >= 0.6 is 0 Å². The van der Waals surface area contributed by atoms with Gasteiger partial charge >= 0.3 is 5.97 Å². The molecule has 1 spiro atoms. The minimum atomic E-state index is -0.982. The maximum atomic E-state index is 14.5. The summed E-state index contributed by atoms with van der Waals surface area (Å²) in [6.45, 7) is 2.88. The van der Waals surface area contributed by atoms with Crippen LogP contribution in [0.2, 0.25) is 0 Å². The van der Waals surface area contributed by atoms with Crippen LogP contribution < -0.4 is 5.32 Å². The number of amides is 2. The van der Waals surface area contributed by atoms with Gasteiger partial charge in [0.15, 0.2) is 0 Å². The number of carbonyl (C=O) groups excluding carboxylic acids is 3. The van der Waals surface area contributed by atoms with Crippen molar-refractivity contribution in [2.75, 3.05) is 26.2 Å². The third-order valence-corrected chi connectivity index (χ3v) is 9.91. The number of piperidine rings is 1. The van der Waals surface area contributed by atoms with Gasteiger partial charge in [0, 0.05) is 25.6 Å². The third kappa shape index (κ3) is 8.03. The van der Waals surface area contributed by atoms with E-state index in [0.29, 0.717) is 19.4 Å². The van der Waals surface area contributed by atoms with Crippen molar-refractivity contribution in [3.05, 3.63) is 144 Å². The molecule has 2 heterocycles. The molecule has 2 fully saturated rings. The van der Waals surface area contributed by atoms with Crippen LogP contribution in [0.4, 0.5) is 0 Å². The van der Waals surface area contributed by atoms with Crippen LogP contribution in [0.25, 0.3) is 0 Å². The van der Waals surface area contributed by atoms with E-state index in [1.165, 1.54) is 5.56 Å². The molecule has 0 aliphatic carbocycles. The fourth-order valence-electron chi connectivity index (χ4n) is 7.15. The van der Waals surface area contributed by atoms with E-state index in [4.69, 9.17) is 4.74 Å². The molecule has 2 saturated heterocycles. The van der Waals surface area contributed by atoms with E-state index in [1.54, 1.807) is 0 Å². The predicted molar refractivity (Wildman–Crippen MR) is 187 cm³/mol. The van der Waals surface area contributed by atoms with Crippen molar-refractivity contribution in [3.8, 4) is 0 Å². The fourth-order valence-corrected chi connectivity index (χ4v) is 7.15. The van der Waals surface area contributed by atoms with Gasteiger partial charge in [-0.2, -0.15) is 0 Å². The minimum absolute atomic E-state index is 0.119. The second-order valence-corrected chi connectivity index (χ2v) is 13.0. The first-order valence-electron chi connectivity index (χ1n) is 17.2. The van der Waals surface area contributed by atoms with E-state index in [-0.39, 0.29) is 30.8 Å². The van der Waals surface area contributed by atoms with Crippen molar-refractivity contribution in [1.29, 1.82) is 0 Å². The van der Waals surface area contributed by atoms with Crippen molar-refractivity contribution in [1.82, 2.24) is 15.1 Å².